The Balaban J connectivity index is 1.79. The Morgan fingerprint density at radius 3 is 2.70 bits per heavy atom. The summed E-state index contributed by atoms with van der Waals surface area (Å²) in [5, 5.41) is 8.57. The molecule has 1 fully saturated rings. The number of fused-ring (bicyclic) bond motifs is 1. The van der Waals surface area contributed by atoms with Crippen LogP contribution in [0.25, 0.3) is 5.69 Å². The van der Waals surface area contributed by atoms with E-state index < -0.39 is 0 Å². The van der Waals surface area contributed by atoms with E-state index in [4.69, 9.17) is 21.1 Å². The van der Waals surface area contributed by atoms with E-state index in [0.717, 1.165) is 42.3 Å². The Hall–Kier alpha value is -1.75. The van der Waals surface area contributed by atoms with Crippen molar-refractivity contribution in [2.75, 3.05) is 13.2 Å². The summed E-state index contributed by atoms with van der Waals surface area (Å²) in [5.74, 6) is 2.95. The second-order valence-electron chi connectivity index (χ2n) is 5.12. The van der Waals surface area contributed by atoms with Gasteiger partial charge in [0.2, 0.25) is 5.28 Å². The van der Waals surface area contributed by atoms with Crippen molar-refractivity contribution in [3.63, 3.8) is 0 Å². The average molecular weight is 292 g/mol. The predicted octanol–water partition coefficient (Wildman–Crippen LogP) is 2.96. The molecule has 1 aromatic carbocycles. The van der Waals surface area contributed by atoms with Gasteiger partial charge in [-0.3, -0.25) is 4.57 Å². The van der Waals surface area contributed by atoms with Crippen LogP contribution in [0.4, 0.5) is 0 Å². The van der Waals surface area contributed by atoms with Gasteiger partial charge in [0, 0.05) is 18.4 Å². The molecular weight excluding hydrogens is 278 g/mol. The Morgan fingerprint density at radius 2 is 1.90 bits per heavy atom. The monoisotopic (exact) mass is 291 g/mol. The molecule has 0 radical (unpaired) electrons. The SMILES string of the molecule is Clc1nnc(C2CC2)n1-c1ccc2c(c1)OCCCO2. The Kier molecular flexibility index (Phi) is 2.80. The van der Waals surface area contributed by atoms with Gasteiger partial charge in [-0.05, 0) is 36.6 Å². The Morgan fingerprint density at radius 1 is 1.10 bits per heavy atom. The van der Waals surface area contributed by atoms with Gasteiger partial charge in [-0.1, -0.05) is 0 Å². The number of hydrogen-bond donors (Lipinski definition) is 0. The van der Waals surface area contributed by atoms with E-state index in [2.05, 4.69) is 10.2 Å². The molecule has 104 valence electrons. The number of benzene rings is 1. The van der Waals surface area contributed by atoms with E-state index >= 15 is 0 Å². The first-order chi connectivity index (χ1) is 9.83. The lowest BCUT2D eigenvalue weighted by atomic mass is 10.2. The molecular formula is C14H14ClN3O2. The van der Waals surface area contributed by atoms with Crippen LogP contribution in [-0.4, -0.2) is 28.0 Å². The van der Waals surface area contributed by atoms with Crippen LogP contribution < -0.4 is 9.47 Å². The fourth-order valence-corrected chi connectivity index (χ4v) is 2.63. The van der Waals surface area contributed by atoms with Gasteiger partial charge in [0.05, 0.1) is 18.9 Å². The second-order valence-corrected chi connectivity index (χ2v) is 5.46. The second kappa shape index (κ2) is 4.66. The lowest BCUT2D eigenvalue weighted by molar-refractivity contribution is 0.297. The van der Waals surface area contributed by atoms with Crippen molar-refractivity contribution in [2.24, 2.45) is 0 Å². The van der Waals surface area contributed by atoms with E-state index in [0.29, 0.717) is 24.4 Å². The summed E-state index contributed by atoms with van der Waals surface area (Å²) in [6, 6.07) is 5.83. The molecule has 5 nitrogen and oxygen atoms in total. The number of hydrogen-bond acceptors (Lipinski definition) is 4. The fraction of sp³-hybridized carbons (Fsp3) is 0.429. The van der Waals surface area contributed by atoms with Gasteiger partial charge >= 0.3 is 0 Å². The van der Waals surface area contributed by atoms with Crippen molar-refractivity contribution in [1.29, 1.82) is 0 Å². The van der Waals surface area contributed by atoms with Gasteiger partial charge in [0.15, 0.2) is 11.5 Å². The van der Waals surface area contributed by atoms with Crippen molar-refractivity contribution in [2.45, 2.75) is 25.2 Å². The third-order valence-corrected chi connectivity index (χ3v) is 3.83. The maximum Gasteiger partial charge on any atom is 0.229 e. The zero-order valence-electron chi connectivity index (χ0n) is 10.9. The first-order valence-electron chi connectivity index (χ1n) is 6.84. The molecule has 20 heavy (non-hydrogen) atoms. The first-order valence-corrected chi connectivity index (χ1v) is 7.21. The van der Waals surface area contributed by atoms with E-state index in [1.165, 1.54) is 0 Å². The molecule has 0 bridgehead atoms. The molecule has 2 aromatic rings. The van der Waals surface area contributed by atoms with Crippen LogP contribution in [0, 0.1) is 0 Å². The summed E-state index contributed by atoms with van der Waals surface area (Å²) in [5.41, 5.74) is 0.922. The molecule has 4 rings (SSSR count). The van der Waals surface area contributed by atoms with E-state index in [9.17, 15) is 0 Å². The minimum Gasteiger partial charge on any atom is -0.490 e. The van der Waals surface area contributed by atoms with Crippen molar-refractivity contribution in [1.82, 2.24) is 14.8 Å². The van der Waals surface area contributed by atoms with E-state index in [-0.39, 0.29) is 0 Å². The molecule has 0 atom stereocenters. The van der Waals surface area contributed by atoms with Crippen LogP contribution in [0.5, 0.6) is 11.5 Å². The standard InChI is InChI=1S/C14H14ClN3O2/c15-14-17-16-13(9-2-3-9)18(14)10-4-5-11-12(8-10)20-7-1-6-19-11/h4-5,8-9H,1-3,6-7H2. The summed E-state index contributed by atoms with van der Waals surface area (Å²) in [6.07, 6.45) is 3.20. The van der Waals surface area contributed by atoms with Crippen molar-refractivity contribution < 1.29 is 9.47 Å². The third kappa shape index (κ3) is 2.02. The first kappa shape index (κ1) is 12.0. The normalized spacial score (nSPS) is 17.9. The van der Waals surface area contributed by atoms with Crippen LogP contribution in [0.2, 0.25) is 5.28 Å². The van der Waals surface area contributed by atoms with Gasteiger partial charge in [-0.15, -0.1) is 10.2 Å². The molecule has 1 saturated carbocycles. The number of rotatable bonds is 2. The molecule has 6 heteroatoms. The highest BCUT2D eigenvalue weighted by Crippen LogP contribution is 2.41. The number of halogens is 1. The summed E-state index contributed by atoms with van der Waals surface area (Å²) in [7, 11) is 0. The average Bonchev–Trinajstić information content (AvgIpc) is 3.25. The van der Waals surface area contributed by atoms with Gasteiger partial charge in [-0.2, -0.15) is 0 Å². The highest BCUT2D eigenvalue weighted by atomic mass is 35.5. The quantitative estimate of drug-likeness (QED) is 0.853. The number of ether oxygens (including phenoxy) is 2. The molecule has 1 aliphatic carbocycles. The summed E-state index contributed by atoms with van der Waals surface area (Å²) >= 11 is 6.18. The molecule has 0 spiro atoms. The van der Waals surface area contributed by atoms with Crippen LogP contribution in [-0.2, 0) is 0 Å². The lowest BCUT2D eigenvalue weighted by Gasteiger charge is -2.11. The number of aromatic nitrogens is 3. The zero-order chi connectivity index (χ0) is 13.5. The summed E-state index contributed by atoms with van der Waals surface area (Å²) in [6.45, 7) is 1.36. The number of nitrogens with zero attached hydrogens (tertiary/aromatic N) is 3. The maximum absolute atomic E-state index is 6.18. The molecule has 2 aliphatic rings. The van der Waals surface area contributed by atoms with E-state index in [1.54, 1.807) is 0 Å². The predicted molar refractivity (Wildman–Crippen MR) is 74.0 cm³/mol. The summed E-state index contributed by atoms with van der Waals surface area (Å²) in [4.78, 5) is 0. The van der Waals surface area contributed by atoms with Crippen LogP contribution >= 0.6 is 11.6 Å². The van der Waals surface area contributed by atoms with Crippen molar-refractivity contribution in [3.05, 3.63) is 29.3 Å². The smallest absolute Gasteiger partial charge is 0.229 e. The maximum atomic E-state index is 6.18. The molecule has 0 saturated heterocycles. The van der Waals surface area contributed by atoms with Gasteiger partial charge in [0.25, 0.3) is 0 Å². The Bertz CT molecular complexity index is 652. The molecule has 1 aliphatic heterocycles. The summed E-state index contributed by atoms with van der Waals surface area (Å²) < 4.78 is 13.3. The lowest BCUT2D eigenvalue weighted by Crippen LogP contribution is -2.01. The van der Waals surface area contributed by atoms with E-state index in [1.807, 2.05) is 22.8 Å². The molecule has 0 unspecified atom stereocenters. The molecule has 2 heterocycles. The van der Waals surface area contributed by atoms with Crippen molar-refractivity contribution in [3.8, 4) is 17.2 Å². The third-order valence-electron chi connectivity index (χ3n) is 3.58. The minimum absolute atomic E-state index is 0.390. The van der Waals surface area contributed by atoms with Crippen LogP contribution in [0.15, 0.2) is 18.2 Å². The van der Waals surface area contributed by atoms with Gasteiger partial charge in [-0.25, -0.2) is 0 Å². The van der Waals surface area contributed by atoms with Crippen molar-refractivity contribution >= 4 is 11.6 Å². The topological polar surface area (TPSA) is 49.2 Å². The molecule has 0 N–H and O–H groups in total. The van der Waals surface area contributed by atoms with Crippen LogP contribution in [0.1, 0.15) is 31.0 Å². The van der Waals surface area contributed by atoms with Gasteiger partial charge in [0.1, 0.15) is 5.82 Å². The Labute approximate surface area is 121 Å². The highest BCUT2D eigenvalue weighted by Gasteiger charge is 2.30. The highest BCUT2D eigenvalue weighted by molar-refractivity contribution is 6.28. The van der Waals surface area contributed by atoms with Gasteiger partial charge < -0.3 is 9.47 Å². The minimum atomic E-state index is 0.390. The largest absolute Gasteiger partial charge is 0.490 e. The fourth-order valence-electron chi connectivity index (χ4n) is 2.41. The van der Waals surface area contributed by atoms with Crippen LogP contribution in [0.3, 0.4) is 0 Å². The molecule has 0 amide bonds. The zero-order valence-corrected chi connectivity index (χ0v) is 11.6. The molecule has 1 aromatic heterocycles.